The Morgan fingerprint density at radius 3 is 2.60 bits per heavy atom. The van der Waals surface area contributed by atoms with Crippen molar-refractivity contribution < 1.29 is 4.74 Å². The molecule has 1 aromatic heterocycles. The van der Waals surface area contributed by atoms with Crippen LogP contribution in [0.3, 0.4) is 0 Å². The molecule has 0 amide bonds. The number of hydrogen-bond acceptors (Lipinski definition) is 4. The molecule has 0 aliphatic heterocycles. The molecule has 0 bridgehead atoms. The van der Waals surface area contributed by atoms with Gasteiger partial charge in [0, 0.05) is 17.4 Å². The Balaban J connectivity index is 2.29. The molecule has 2 aromatic rings. The number of hydrogen-bond donors (Lipinski definition) is 2. The summed E-state index contributed by atoms with van der Waals surface area (Å²) in [5.41, 5.74) is 8.19. The molecule has 0 fully saturated rings. The molecule has 1 heterocycles. The second kappa shape index (κ2) is 5.66. The highest BCUT2D eigenvalue weighted by Crippen LogP contribution is 2.36. The van der Waals surface area contributed by atoms with E-state index in [-0.39, 0.29) is 11.5 Å². The van der Waals surface area contributed by atoms with Gasteiger partial charge >= 0.3 is 0 Å². The number of ether oxygens (including phenoxy) is 1. The zero-order valence-electron chi connectivity index (χ0n) is 12.7. The average molecular weight is 293 g/mol. The van der Waals surface area contributed by atoms with Crippen LogP contribution in [0.2, 0.25) is 0 Å². The van der Waals surface area contributed by atoms with Crippen molar-refractivity contribution >= 4 is 22.8 Å². The maximum absolute atomic E-state index is 6.13. The minimum atomic E-state index is 0.0998. The summed E-state index contributed by atoms with van der Waals surface area (Å²) in [6, 6.07) is 5.95. The van der Waals surface area contributed by atoms with Gasteiger partial charge in [0.05, 0.1) is 18.1 Å². The van der Waals surface area contributed by atoms with Crippen molar-refractivity contribution in [3.63, 3.8) is 0 Å². The number of nitrogens with zero attached hydrogens (tertiary/aromatic N) is 1. The van der Waals surface area contributed by atoms with E-state index in [0.717, 1.165) is 21.9 Å². The van der Waals surface area contributed by atoms with Crippen molar-refractivity contribution in [2.24, 2.45) is 11.1 Å². The third-order valence-electron chi connectivity index (χ3n) is 3.24. The van der Waals surface area contributed by atoms with Gasteiger partial charge in [0.25, 0.3) is 0 Å². The quantitative estimate of drug-likeness (QED) is 0.848. The molecule has 0 radical (unpaired) electrons. The van der Waals surface area contributed by atoms with Crippen LogP contribution in [0.1, 0.15) is 27.7 Å². The zero-order chi connectivity index (χ0) is 14.9. The number of imidazole rings is 1. The lowest BCUT2D eigenvalue weighted by molar-refractivity contribution is 0.363. The van der Waals surface area contributed by atoms with Gasteiger partial charge in [-0.25, -0.2) is 4.98 Å². The van der Waals surface area contributed by atoms with Crippen molar-refractivity contribution in [1.29, 1.82) is 0 Å². The lowest BCUT2D eigenvalue weighted by Gasteiger charge is -2.32. The molecule has 1 aromatic carbocycles. The summed E-state index contributed by atoms with van der Waals surface area (Å²) < 4.78 is 5.23. The highest BCUT2D eigenvalue weighted by Gasteiger charge is 2.29. The molecule has 5 heteroatoms. The number of methoxy groups -OCH3 is 1. The fraction of sp³-hybridized carbons (Fsp3) is 0.533. The topological polar surface area (TPSA) is 63.9 Å². The molecule has 20 heavy (non-hydrogen) atoms. The van der Waals surface area contributed by atoms with E-state index in [9.17, 15) is 0 Å². The summed E-state index contributed by atoms with van der Waals surface area (Å²) in [5.74, 6) is 0.831. The van der Waals surface area contributed by atoms with Crippen LogP contribution in [0.4, 0.5) is 0 Å². The zero-order valence-corrected chi connectivity index (χ0v) is 13.5. The van der Waals surface area contributed by atoms with Gasteiger partial charge in [-0.1, -0.05) is 32.5 Å². The summed E-state index contributed by atoms with van der Waals surface area (Å²) in [6.45, 7) is 8.67. The van der Waals surface area contributed by atoms with Crippen LogP contribution in [-0.4, -0.2) is 28.4 Å². The average Bonchev–Trinajstić information content (AvgIpc) is 2.75. The summed E-state index contributed by atoms with van der Waals surface area (Å²) in [5, 5.41) is 1.20. The van der Waals surface area contributed by atoms with Gasteiger partial charge < -0.3 is 15.5 Å². The molecule has 0 aliphatic rings. The smallest absolute Gasteiger partial charge is 0.166 e. The maximum atomic E-state index is 6.13. The van der Waals surface area contributed by atoms with Crippen molar-refractivity contribution in [1.82, 2.24) is 9.97 Å². The summed E-state index contributed by atoms with van der Waals surface area (Å²) in [4.78, 5) is 7.96. The number of benzene rings is 1. The number of aromatic amines is 1. The fourth-order valence-corrected chi connectivity index (χ4v) is 3.47. The van der Waals surface area contributed by atoms with Gasteiger partial charge in [0.2, 0.25) is 0 Å². The predicted octanol–water partition coefficient (Wildman–Crippen LogP) is 3.43. The first kappa shape index (κ1) is 15.2. The lowest BCUT2D eigenvalue weighted by atomic mass is 9.88. The monoisotopic (exact) mass is 293 g/mol. The van der Waals surface area contributed by atoms with Crippen LogP contribution in [0.5, 0.6) is 5.75 Å². The number of H-pyrrole nitrogens is 1. The van der Waals surface area contributed by atoms with Crippen LogP contribution in [0.25, 0.3) is 11.0 Å². The fourth-order valence-electron chi connectivity index (χ4n) is 2.34. The van der Waals surface area contributed by atoms with E-state index in [4.69, 9.17) is 10.5 Å². The highest BCUT2D eigenvalue weighted by molar-refractivity contribution is 7.99. The minimum Gasteiger partial charge on any atom is -0.497 e. The van der Waals surface area contributed by atoms with Crippen molar-refractivity contribution in [2.75, 3.05) is 7.11 Å². The summed E-state index contributed by atoms with van der Waals surface area (Å²) in [6.07, 6.45) is 0. The van der Waals surface area contributed by atoms with Crippen LogP contribution in [-0.2, 0) is 0 Å². The van der Waals surface area contributed by atoms with Crippen LogP contribution in [0, 0.1) is 5.41 Å². The second-order valence-electron chi connectivity index (χ2n) is 6.19. The summed E-state index contributed by atoms with van der Waals surface area (Å²) >= 11 is 1.71. The maximum Gasteiger partial charge on any atom is 0.166 e. The van der Waals surface area contributed by atoms with Gasteiger partial charge in [-0.3, -0.25) is 0 Å². The first-order valence-corrected chi connectivity index (χ1v) is 7.65. The van der Waals surface area contributed by atoms with Crippen molar-refractivity contribution in [3.8, 4) is 5.75 Å². The number of rotatable bonds is 4. The van der Waals surface area contributed by atoms with E-state index in [1.165, 1.54) is 0 Å². The Morgan fingerprint density at radius 2 is 2.05 bits per heavy atom. The van der Waals surface area contributed by atoms with Crippen molar-refractivity contribution in [3.05, 3.63) is 18.2 Å². The molecule has 2 atom stereocenters. The van der Waals surface area contributed by atoms with E-state index < -0.39 is 0 Å². The standard InChI is InChI=1S/C15H23N3OS/c1-9(16)13(15(2,3)4)20-14-17-11-7-6-10(19-5)8-12(11)18-14/h6-9,13H,16H2,1-5H3,(H,17,18). The largest absolute Gasteiger partial charge is 0.497 e. The molecule has 3 N–H and O–H groups in total. The third kappa shape index (κ3) is 3.27. The molecule has 2 rings (SSSR count). The second-order valence-corrected chi connectivity index (χ2v) is 7.32. The van der Waals surface area contributed by atoms with Gasteiger partial charge in [0.1, 0.15) is 5.75 Å². The van der Waals surface area contributed by atoms with Crippen molar-refractivity contribution in [2.45, 2.75) is 44.1 Å². The first-order valence-electron chi connectivity index (χ1n) is 6.77. The minimum absolute atomic E-state index is 0.0998. The Hall–Kier alpha value is -1.20. The number of nitrogens with one attached hydrogen (secondary N) is 1. The Labute approximate surface area is 124 Å². The lowest BCUT2D eigenvalue weighted by Crippen LogP contribution is -2.38. The van der Waals surface area contributed by atoms with Gasteiger partial charge in [0.15, 0.2) is 5.16 Å². The molecule has 2 unspecified atom stereocenters. The molecule has 0 spiro atoms. The predicted molar refractivity (Wildman–Crippen MR) is 85.4 cm³/mol. The van der Waals surface area contributed by atoms with E-state index in [1.54, 1.807) is 18.9 Å². The van der Waals surface area contributed by atoms with E-state index in [0.29, 0.717) is 5.25 Å². The molecular formula is C15H23N3OS. The highest BCUT2D eigenvalue weighted by atomic mass is 32.2. The molecule has 0 aliphatic carbocycles. The van der Waals surface area contributed by atoms with Gasteiger partial charge in [-0.15, -0.1) is 0 Å². The SMILES string of the molecule is COc1ccc2nc(SC(C(C)N)C(C)(C)C)[nH]c2c1. The number of nitrogens with two attached hydrogens (primary N) is 1. The van der Waals surface area contributed by atoms with Gasteiger partial charge in [-0.05, 0) is 24.5 Å². The van der Waals surface area contributed by atoms with Crippen LogP contribution >= 0.6 is 11.8 Å². The van der Waals surface area contributed by atoms with Gasteiger partial charge in [-0.2, -0.15) is 0 Å². The summed E-state index contributed by atoms with van der Waals surface area (Å²) in [7, 11) is 1.67. The normalized spacial score (nSPS) is 15.3. The first-order chi connectivity index (χ1) is 9.31. The number of fused-ring (bicyclic) bond motifs is 1. The number of aromatic nitrogens is 2. The third-order valence-corrected chi connectivity index (χ3v) is 5.04. The molecular weight excluding hydrogens is 270 g/mol. The van der Waals surface area contributed by atoms with Crippen LogP contribution < -0.4 is 10.5 Å². The molecule has 4 nitrogen and oxygen atoms in total. The molecule has 0 saturated heterocycles. The number of thioether (sulfide) groups is 1. The van der Waals surface area contributed by atoms with E-state index >= 15 is 0 Å². The van der Waals surface area contributed by atoms with Crippen LogP contribution in [0.15, 0.2) is 23.4 Å². The van der Waals surface area contributed by atoms with E-state index in [1.807, 2.05) is 18.2 Å². The molecule has 0 saturated carbocycles. The van der Waals surface area contributed by atoms with E-state index in [2.05, 4.69) is 37.7 Å². The Morgan fingerprint density at radius 1 is 1.35 bits per heavy atom. The molecule has 110 valence electrons. The Bertz CT molecular complexity index is 586. The Kier molecular flexibility index (Phi) is 4.30.